The van der Waals surface area contributed by atoms with Crippen molar-refractivity contribution in [3.8, 4) is 5.69 Å². The lowest BCUT2D eigenvalue weighted by Gasteiger charge is -2.32. The quantitative estimate of drug-likeness (QED) is 0.696. The second kappa shape index (κ2) is 8.71. The molecule has 6 nitrogen and oxygen atoms in total. The number of benzene rings is 2. The minimum Gasteiger partial charge on any atom is -0.355 e. The van der Waals surface area contributed by atoms with Gasteiger partial charge in [-0.05, 0) is 74.2 Å². The third kappa shape index (κ3) is 4.50. The molecule has 0 bridgehead atoms. The van der Waals surface area contributed by atoms with Crippen LogP contribution in [0.1, 0.15) is 24.0 Å². The Hall–Kier alpha value is -3.48. The number of piperidine rings is 1. The zero-order valence-corrected chi connectivity index (χ0v) is 17.6. The van der Waals surface area contributed by atoms with E-state index in [9.17, 15) is 14.0 Å². The lowest BCUT2D eigenvalue weighted by molar-refractivity contribution is -0.120. The zero-order valence-electron chi connectivity index (χ0n) is 17.6. The van der Waals surface area contributed by atoms with Crippen LogP contribution in [0.3, 0.4) is 0 Å². The molecule has 1 aliphatic rings. The van der Waals surface area contributed by atoms with Gasteiger partial charge in [-0.25, -0.2) is 4.39 Å². The summed E-state index contributed by atoms with van der Waals surface area (Å²) in [7, 11) is 0. The van der Waals surface area contributed by atoms with Gasteiger partial charge in [-0.3, -0.25) is 9.59 Å². The van der Waals surface area contributed by atoms with Gasteiger partial charge in [-0.2, -0.15) is 4.68 Å². The number of nitrogens with one attached hydrogen (secondary N) is 1. The van der Waals surface area contributed by atoms with Crippen LogP contribution in [-0.2, 0) is 4.79 Å². The molecule has 0 unspecified atom stereocenters. The van der Waals surface area contributed by atoms with Gasteiger partial charge in [0.15, 0.2) is 0 Å². The van der Waals surface area contributed by atoms with E-state index in [0.29, 0.717) is 37.4 Å². The molecule has 1 amide bonds. The van der Waals surface area contributed by atoms with Crippen LogP contribution in [0.2, 0.25) is 0 Å². The lowest BCUT2D eigenvalue weighted by Crippen LogP contribution is -2.39. The molecule has 1 aliphatic heterocycles. The Balaban J connectivity index is 1.43. The zero-order chi connectivity index (χ0) is 22.0. The van der Waals surface area contributed by atoms with Crippen LogP contribution in [0.15, 0.2) is 59.4 Å². The Bertz CT molecular complexity index is 1150. The van der Waals surface area contributed by atoms with Crippen molar-refractivity contribution in [2.24, 2.45) is 5.92 Å². The summed E-state index contributed by atoms with van der Waals surface area (Å²) in [6.07, 6.45) is 1.40. The van der Waals surface area contributed by atoms with Crippen LogP contribution in [0.25, 0.3) is 5.69 Å². The van der Waals surface area contributed by atoms with Gasteiger partial charge >= 0.3 is 0 Å². The van der Waals surface area contributed by atoms with Crippen molar-refractivity contribution in [1.29, 1.82) is 0 Å². The largest absolute Gasteiger partial charge is 0.355 e. The van der Waals surface area contributed by atoms with Crippen LogP contribution in [0, 0.1) is 25.6 Å². The Labute approximate surface area is 180 Å². The molecular weight excluding hydrogens is 395 g/mol. The highest BCUT2D eigenvalue weighted by atomic mass is 19.1. The predicted molar refractivity (Wildman–Crippen MR) is 119 cm³/mol. The maximum absolute atomic E-state index is 13.2. The topological polar surface area (TPSA) is 67.2 Å². The second-order valence-corrected chi connectivity index (χ2v) is 7.92. The van der Waals surface area contributed by atoms with E-state index in [4.69, 9.17) is 0 Å². The number of hydrogen-bond acceptors (Lipinski definition) is 4. The molecule has 1 fully saturated rings. The van der Waals surface area contributed by atoms with Gasteiger partial charge < -0.3 is 10.2 Å². The average molecular weight is 420 g/mol. The van der Waals surface area contributed by atoms with Gasteiger partial charge in [0.25, 0.3) is 5.56 Å². The first-order chi connectivity index (χ1) is 14.9. The van der Waals surface area contributed by atoms with E-state index in [1.807, 2.05) is 32.0 Å². The predicted octanol–water partition coefficient (Wildman–Crippen LogP) is 3.84. The van der Waals surface area contributed by atoms with Crippen LogP contribution >= 0.6 is 0 Å². The molecule has 2 aromatic carbocycles. The fourth-order valence-electron chi connectivity index (χ4n) is 3.83. The van der Waals surface area contributed by atoms with E-state index in [-0.39, 0.29) is 23.2 Å². The summed E-state index contributed by atoms with van der Waals surface area (Å²) < 4.78 is 14.5. The van der Waals surface area contributed by atoms with E-state index in [1.54, 1.807) is 6.07 Å². The Kier molecular flexibility index (Phi) is 5.84. The van der Waals surface area contributed by atoms with Crippen molar-refractivity contribution in [1.82, 2.24) is 9.78 Å². The van der Waals surface area contributed by atoms with E-state index in [1.165, 1.54) is 35.0 Å². The Morgan fingerprint density at radius 3 is 2.45 bits per heavy atom. The van der Waals surface area contributed by atoms with E-state index in [2.05, 4.69) is 15.3 Å². The summed E-state index contributed by atoms with van der Waals surface area (Å²) in [6.45, 7) is 5.37. The maximum atomic E-state index is 13.2. The van der Waals surface area contributed by atoms with Crippen molar-refractivity contribution < 1.29 is 9.18 Å². The van der Waals surface area contributed by atoms with Gasteiger partial charge in [0.05, 0.1) is 5.69 Å². The fraction of sp³-hybridized carbons (Fsp3) is 0.292. The first kappa shape index (κ1) is 20.8. The van der Waals surface area contributed by atoms with Crippen LogP contribution in [0.4, 0.5) is 15.9 Å². The molecular formula is C24H25FN4O2. The van der Waals surface area contributed by atoms with Crippen LogP contribution in [-0.4, -0.2) is 28.8 Å². The molecule has 4 rings (SSSR count). The molecule has 0 spiro atoms. The minimum absolute atomic E-state index is 0.0394. The molecule has 1 N–H and O–H groups in total. The summed E-state index contributed by atoms with van der Waals surface area (Å²) in [5, 5.41) is 7.53. The first-order valence-corrected chi connectivity index (χ1v) is 10.4. The molecule has 2 heterocycles. The standard InChI is InChI=1S/C24H25FN4O2/c1-16-4-3-5-21(17(16)2)26-24(31)18-12-14-28(15-13-18)22-10-11-23(30)29(27-22)20-8-6-19(25)7-9-20/h3-11,18H,12-15H2,1-2H3,(H,26,31). The smallest absolute Gasteiger partial charge is 0.271 e. The molecule has 0 atom stereocenters. The van der Waals surface area contributed by atoms with Crippen molar-refractivity contribution in [2.45, 2.75) is 26.7 Å². The van der Waals surface area contributed by atoms with Crippen LogP contribution < -0.4 is 15.8 Å². The molecule has 0 saturated carbocycles. The SMILES string of the molecule is Cc1cccc(NC(=O)C2CCN(c3ccc(=O)n(-c4ccc(F)cc4)n3)CC2)c1C. The summed E-state index contributed by atoms with van der Waals surface area (Å²) in [4.78, 5) is 27.1. The van der Waals surface area contributed by atoms with E-state index >= 15 is 0 Å². The molecule has 3 aromatic rings. The number of aryl methyl sites for hydroxylation is 1. The number of carbonyl (C=O) groups excluding carboxylic acids is 1. The normalized spacial score (nSPS) is 14.5. The number of nitrogens with zero attached hydrogens (tertiary/aromatic N) is 3. The summed E-state index contributed by atoms with van der Waals surface area (Å²) in [6, 6.07) is 14.7. The maximum Gasteiger partial charge on any atom is 0.271 e. The molecule has 0 aliphatic carbocycles. The van der Waals surface area contributed by atoms with Gasteiger partial charge in [0.1, 0.15) is 11.6 Å². The van der Waals surface area contributed by atoms with Gasteiger partial charge in [0, 0.05) is 30.8 Å². The Morgan fingerprint density at radius 2 is 1.74 bits per heavy atom. The van der Waals surface area contributed by atoms with Crippen molar-refractivity contribution in [3.05, 3.63) is 81.9 Å². The number of rotatable bonds is 4. The third-order valence-electron chi connectivity index (χ3n) is 5.91. The highest BCUT2D eigenvalue weighted by Crippen LogP contribution is 2.24. The average Bonchev–Trinajstić information content (AvgIpc) is 2.78. The highest BCUT2D eigenvalue weighted by Gasteiger charge is 2.26. The fourth-order valence-corrected chi connectivity index (χ4v) is 3.83. The van der Waals surface area contributed by atoms with Gasteiger partial charge in [-0.1, -0.05) is 12.1 Å². The van der Waals surface area contributed by atoms with Crippen molar-refractivity contribution in [3.63, 3.8) is 0 Å². The number of aromatic nitrogens is 2. The number of anilines is 2. The summed E-state index contributed by atoms with van der Waals surface area (Å²) in [5.41, 5.74) is 3.32. The van der Waals surface area contributed by atoms with E-state index < -0.39 is 0 Å². The lowest BCUT2D eigenvalue weighted by atomic mass is 9.95. The Morgan fingerprint density at radius 1 is 1.03 bits per heavy atom. The second-order valence-electron chi connectivity index (χ2n) is 7.92. The highest BCUT2D eigenvalue weighted by molar-refractivity contribution is 5.93. The molecule has 31 heavy (non-hydrogen) atoms. The number of hydrogen-bond donors (Lipinski definition) is 1. The minimum atomic E-state index is -0.367. The summed E-state index contributed by atoms with van der Waals surface area (Å²) in [5.74, 6) is 0.267. The molecule has 1 saturated heterocycles. The summed E-state index contributed by atoms with van der Waals surface area (Å²) >= 11 is 0. The molecule has 7 heteroatoms. The number of halogens is 1. The van der Waals surface area contributed by atoms with Gasteiger partial charge in [0.2, 0.25) is 5.91 Å². The first-order valence-electron chi connectivity index (χ1n) is 10.4. The molecule has 160 valence electrons. The number of carbonyl (C=O) groups is 1. The van der Waals surface area contributed by atoms with Crippen LogP contribution in [0.5, 0.6) is 0 Å². The third-order valence-corrected chi connectivity index (χ3v) is 5.91. The molecule has 1 aromatic heterocycles. The molecule has 0 radical (unpaired) electrons. The monoisotopic (exact) mass is 420 g/mol. The van der Waals surface area contributed by atoms with Gasteiger partial charge in [-0.15, -0.1) is 5.10 Å². The van der Waals surface area contributed by atoms with Crippen molar-refractivity contribution in [2.75, 3.05) is 23.3 Å². The van der Waals surface area contributed by atoms with E-state index in [0.717, 1.165) is 16.8 Å². The number of amides is 1. The van der Waals surface area contributed by atoms with Crippen molar-refractivity contribution >= 4 is 17.4 Å².